The van der Waals surface area contributed by atoms with Gasteiger partial charge in [-0.1, -0.05) is 314 Å². The molecular weight excluding hydrogens is 925 g/mol. The number of unbranched alkanes of at least 4 members (excludes halogenated alkanes) is 45. The van der Waals surface area contributed by atoms with Gasteiger partial charge in [0.15, 0.2) is 6.10 Å². The van der Waals surface area contributed by atoms with Crippen LogP contribution in [0.15, 0.2) is 36.5 Å². The summed E-state index contributed by atoms with van der Waals surface area (Å²) in [5.41, 5.74) is 0. The summed E-state index contributed by atoms with van der Waals surface area (Å²) in [5, 5.41) is 0. The summed E-state index contributed by atoms with van der Waals surface area (Å²) in [6, 6.07) is 0. The second-order valence-electron chi connectivity index (χ2n) is 22.7. The lowest BCUT2D eigenvalue weighted by atomic mass is 10.0. The largest absolute Gasteiger partial charge is 0.462 e. The number of allylic oxidation sites excluding steroid dienone is 6. The van der Waals surface area contributed by atoms with E-state index in [9.17, 15) is 14.4 Å². The lowest BCUT2D eigenvalue weighted by Gasteiger charge is -2.18. The molecule has 0 aliphatic carbocycles. The predicted molar refractivity (Wildman–Crippen MR) is 326 cm³/mol. The Hall–Kier alpha value is -2.37. The number of carbonyl (C=O) groups excluding carboxylic acids is 3. The third-order valence-electron chi connectivity index (χ3n) is 15.1. The molecule has 0 aromatic rings. The molecule has 0 bridgehead atoms. The van der Waals surface area contributed by atoms with Crippen molar-refractivity contribution in [1.29, 1.82) is 0 Å². The number of esters is 3. The molecule has 0 heterocycles. The smallest absolute Gasteiger partial charge is 0.306 e. The molecule has 0 spiro atoms. The van der Waals surface area contributed by atoms with Crippen LogP contribution < -0.4 is 0 Å². The van der Waals surface area contributed by atoms with E-state index in [1.54, 1.807) is 0 Å². The van der Waals surface area contributed by atoms with Crippen LogP contribution in [0.3, 0.4) is 0 Å². The predicted octanol–water partition coefficient (Wildman–Crippen LogP) is 22.8. The maximum atomic E-state index is 12.9. The summed E-state index contributed by atoms with van der Waals surface area (Å²) in [5.74, 6) is -0.865. The SMILES string of the molecule is CCCC/C=C\C/C=C\CCCCCCCC(=O)OCC(COC(=O)CCCCCCCCCCCCCCCCCCCCCCCCCC)OC(=O)CCCCCCCCCCC/C=C\CCCCCCCC. The lowest BCUT2D eigenvalue weighted by molar-refractivity contribution is -0.167. The number of ether oxygens (including phenoxy) is 3. The molecule has 0 amide bonds. The summed E-state index contributed by atoms with van der Waals surface area (Å²) in [4.78, 5) is 38.3. The highest BCUT2D eigenvalue weighted by molar-refractivity contribution is 5.71. The van der Waals surface area contributed by atoms with E-state index in [4.69, 9.17) is 14.2 Å². The first kappa shape index (κ1) is 72.6. The average molecular weight is 1050 g/mol. The van der Waals surface area contributed by atoms with E-state index in [0.29, 0.717) is 19.3 Å². The highest BCUT2D eigenvalue weighted by atomic mass is 16.6. The van der Waals surface area contributed by atoms with Gasteiger partial charge >= 0.3 is 17.9 Å². The maximum Gasteiger partial charge on any atom is 0.306 e. The topological polar surface area (TPSA) is 78.9 Å². The normalized spacial score (nSPS) is 12.2. The molecule has 1 unspecified atom stereocenters. The van der Waals surface area contributed by atoms with Gasteiger partial charge in [-0.25, -0.2) is 0 Å². The van der Waals surface area contributed by atoms with Crippen LogP contribution in [0.5, 0.6) is 0 Å². The number of hydrogen-bond donors (Lipinski definition) is 0. The fourth-order valence-electron chi connectivity index (χ4n) is 10.0. The fourth-order valence-corrected chi connectivity index (χ4v) is 10.0. The molecule has 0 rings (SSSR count). The van der Waals surface area contributed by atoms with Crippen molar-refractivity contribution in [2.45, 2.75) is 374 Å². The van der Waals surface area contributed by atoms with Crippen LogP contribution in [0.2, 0.25) is 0 Å². The van der Waals surface area contributed by atoms with Crippen LogP contribution in [0.25, 0.3) is 0 Å². The van der Waals surface area contributed by atoms with E-state index in [-0.39, 0.29) is 31.1 Å². The molecule has 6 nitrogen and oxygen atoms in total. The third-order valence-corrected chi connectivity index (χ3v) is 15.1. The summed E-state index contributed by atoms with van der Waals surface area (Å²) >= 11 is 0. The average Bonchev–Trinajstić information content (AvgIpc) is 3.41. The van der Waals surface area contributed by atoms with Crippen molar-refractivity contribution in [3.63, 3.8) is 0 Å². The quantitative estimate of drug-likeness (QED) is 0.0261. The van der Waals surface area contributed by atoms with Crippen LogP contribution in [0.4, 0.5) is 0 Å². The van der Waals surface area contributed by atoms with Crippen LogP contribution in [-0.2, 0) is 28.6 Å². The van der Waals surface area contributed by atoms with Gasteiger partial charge in [-0.05, 0) is 70.6 Å². The molecule has 1 atom stereocenters. The monoisotopic (exact) mass is 1050 g/mol. The van der Waals surface area contributed by atoms with Gasteiger partial charge in [-0.3, -0.25) is 14.4 Å². The van der Waals surface area contributed by atoms with Gasteiger partial charge in [0.25, 0.3) is 0 Å². The van der Waals surface area contributed by atoms with Crippen molar-refractivity contribution in [3.05, 3.63) is 36.5 Å². The molecular formula is C69H128O6. The van der Waals surface area contributed by atoms with Crippen molar-refractivity contribution in [2.75, 3.05) is 13.2 Å². The molecule has 0 saturated carbocycles. The summed E-state index contributed by atoms with van der Waals surface area (Å²) in [6.07, 6.45) is 78.8. The van der Waals surface area contributed by atoms with E-state index < -0.39 is 6.10 Å². The van der Waals surface area contributed by atoms with E-state index in [1.807, 2.05) is 0 Å². The number of rotatable bonds is 62. The molecule has 0 aliphatic rings. The Labute approximate surface area is 467 Å². The van der Waals surface area contributed by atoms with Crippen molar-refractivity contribution < 1.29 is 28.6 Å². The molecule has 0 aromatic heterocycles. The first-order valence-corrected chi connectivity index (χ1v) is 33.5. The number of carbonyl (C=O) groups is 3. The van der Waals surface area contributed by atoms with Crippen molar-refractivity contribution in [1.82, 2.24) is 0 Å². The summed E-state index contributed by atoms with van der Waals surface area (Å²) < 4.78 is 17.0. The zero-order chi connectivity index (χ0) is 54.3. The van der Waals surface area contributed by atoms with Crippen LogP contribution in [0, 0.1) is 0 Å². The Kier molecular flexibility index (Phi) is 62.1. The first-order valence-electron chi connectivity index (χ1n) is 33.5. The second-order valence-corrected chi connectivity index (χ2v) is 22.7. The Bertz CT molecular complexity index is 1250. The van der Waals surface area contributed by atoms with Crippen molar-refractivity contribution >= 4 is 17.9 Å². The van der Waals surface area contributed by atoms with Gasteiger partial charge in [0.05, 0.1) is 0 Å². The Morgan fingerprint density at radius 2 is 0.493 bits per heavy atom. The van der Waals surface area contributed by atoms with Crippen molar-refractivity contribution in [3.8, 4) is 0 Å². The standard InChI is InChI=1S/C69H128O6/c1-4-7-10-13-16-19-22-25-28-30-32-33-34-35-36-38-39-41-44-47-50-53-56-59-62-68(71)74-65-66(64-73-67(70)61-58-55-52-49-46-43-27-24-21-18-15-12-9-6-3)75-69(72)63-60-57-54-51-48-45-42-40-37-31-29-26-23-20-17-14-11-8-5-2/h15,18,24,26-27,29,66H,4-14,16-17,19-23,25,28,30-65H2,1-3H3/b18-15-,27-24-,29-26-. The zero-order valence-electron chi connectivity index (χ0n) is 50.6. The molecule has 75 heavy (non-hydrogen) atoms. The Morgan fingerprint density at radius 1 is 0.267 bits per heavy atom. The maximum absolute atomic E-state index is 12.9. The fraction of sp³-hybridized carbons (Fsp3) is 0.870. The second kappa shape index (κ2) is 64.2. The van der Waals surface area contributed by atoms with Gasteiger partial charge in [0, 0.05) is 19.3 Å². The molecule has 0 saturated heterocycles. The van der Waals surface area contributed by atoms with E-state index in [0.717, 1.165) is 77.0 Å². The molecule has 0 aromatic carbocycles. The zero-order valence-corrected chi connectivity index (χ0v) is 50.6. The van der Waals surface area contributed by atoms with E-state index >= 15 is 0 Å². The molecule has 6 heteroatoms. The van der Waals surface area contributed by atoms with Gasteiger partial charge in [0.1, 0.15) is 13.2 Å². The molecule has 0 radical (unpaired) electrons. The van der Waals surface area contributed by atoms with Gasteiger partial charge in [0.2, 0.25) is 0 Å². The highest BCUT2D eigenvalue weighted by Gasteiger charge is 2.19. The molecule has 440 valence electrons. The summed E-state index contributed by atoms with van der Waals surface area (Å²) in [7, 11) is 0. The van der Waals surface area contributed by atoms with Gasteiger partial charge < -0.3 is 14.2 Å². The lowest BCUT2D eigenvalue weighted by Crippen LogP contribution is -2.30. The Balaban J connectivity index is 4.27. The minimum atomic E-state index is -0.777. The first-order chi connectivity index (χ1) is 37.0. The van der Waals surface area contributed by atoms with Gasteiger partial charge in [-0.2, -0.15) is 0 Å². The van der Waals surface area contributed by atoms with E-state index in [1.165, 1.54) is 250 Å². The number of hydrogen-bond acceptors (Lipinski definition) is 6. The minimum Gasteiger partial charge on any atom is -0.462 e. The Morgan fingerprint density at radius 3 is 0.787 bits per heavy atom. The van der Waals surface area contributed by atoms with Crippen LogP contribution >= 0.6 is 0 Å². The minimum absolute atomic E-state index is 0.0731. The highest BCUT2D eigenvalue weighted by Crippen LogP contribution is 2.18. The molecule has 0 aliphatic heterocycles. The third kappa shape index (κ3) is 62.4. The summed E-state index contributed by atoms with van der Waals surface area (Å²) in [6.45, 7) is 6.65. The van der Waals surface area contributed by atoms with Crippen LogP contribution in [-0.4, -0.2) is 37.2 Å². The molecule has 0 fully saturated rings. The van der Waals surface area contributed by atoms with Crippen LogP contribution in [0.1, 0.15) is 367 Å². The van der Waals surface area contributed by atoms with Crippen molar-refractivity contribution in [2.24, 2.45) is 0 Å². The van der Waals surface area contributed by atoms with E-state index in [2.05, 4.69) is 57.2 Å². The molecule has 0 N–H and O–H groups in total. The van der Waals surface area contributed by atoms with Gasteiger partial charge in [-0.15, -0.1) is 0 Å².